The Morgan fingerprint density at radius 3 is 1.23 bits per heavy atom. The molecule has 406 valence electrons. The van der Waals surface area contributed by atoms with Crippen molar-refractivity contribution in [3.8, 4) is 45.0 Å². The maximum atomic E-state index is 8.22. The Kier molecular flexibility index (Phi) is 18.7. The number of benzene rings is 4. The normalized spacial score (nSPS) is 12.8. The van der Waals surface area contributed by atoms with Gasteiger partial charge in [0.25, 0.3) is 0 Å². The van der Waals surface area contributed by atoms with Gasteiger partial charge in [-0.2, -0.15) is 0 Å². The number of hydrogen-bond acceptors (Lipinski definition) is 0. The quantitative estimate of drug-likeness (QED) is 0.121. The monoisotopic (exact) mass is 1040 g/mol. The molecule has 4 heterocycles. The minimum atomic E-state index is -2.11. The van der Waals surface area contributed by atoms with Gasteiger partial charge >= 0.3 is 0 Å². The van der Waals surface area contributed by atoms with E-state index in [0.29, 0.717) is 16.5 Å². The highest BCUT2D eigenvalue weighted by atomic mass is 14.9. The van der Waals surface area contributed by atoms with Gasteiger partial charge in [0, 0.05) is 75.6 Å². The number of aromatic nitrogens is 4. The zero-order valence-corrected chi connectivity index (χ0v) is 51.0. The Balaban J connectivity index is 0.000000201. The second-order valence-corrected chi connectivity index (χ2v) is 24.3. The fourth-order valence-electron chi connectivity index (χ4n) is 9.97. The number of nitrogens with zero attached hydrogens (tertiary/aromatic N) is 4. The molecular formula is C73H98N4+4. The zero-order valence-electron chi connectivity index (χ0n) is 56.0. The van der Waals surface area contributed by atoms with Crippen LogP contribution in [0.2, 0.25) is 0 Å². The van der Waals surface area contributed by atoms with Crippen LogP contribution in [-0.2, 0) is 51.8 Å². The Labute approximate surface area is 475 Å². The molecule has 0 saturated heterocycles. The topological polar surface area (TPSA) is 15.5 Å². The number of hydrogen-bond donors (Lipinski definition) is 0. The molecule has 77 heavy (non-hydrogen) atoms. The molecule has 0 aliphatic rings. The van der Waals surface area contributed by atoms with E-state index in [4.69, 9.17) is 6.85 Å². The van der Waals surface area contributed by atoms with Crippen molar-refractivity contribution in [2.75, 3.05) is 0 Å². The molecule has 0 radical (unpaired) electrons. The first kappa shape index (κ1) is 53.9. The third kappa shape index (κ3) is 17.0. The summed E-state index contributed by atoms with van der Waals surface area (Å²) < 4.78 is 47.6. The summed E-state index contributed by atoms with van der Waals surface area (Å²) in [7, 11) is 8.29. The van der Waals surface area contributed by atoms with Crippen LogP contribution in [0.1, 0.15) is 151 Å². The molecule has 4 heteroatoms. The first-order valence-corrected chi connectivity index (χ1v) is 27.9. The van der Waals surface area contributed by atoms with Gasteiger partial charge < -0.3 is 0 Å². The van der Waals surface area contributed by atoms with E-state index in [0.717, 1.165) is 23.2 Å². The van der Waals surface area contributed by atoms with Gasteiger partial charge in [0.1, 0.15) is 28.2 Å². The molecular weight excluding hydrogens is 933 g/mol. The summed E-state index contributed by atoms with van der Waals surface area (Å²) in [6, 6.07) is 46.2. The van der Waals surface area contributed by atoms with Crippen molar-refractivity contribution in [2.45, 2.75) is 154 Å². The molecule has 0 saturated carbocycles. The summed E-state index contributed by atoms with van der Waals surface area (Å²) >= 11 is 0. The van der Waals surface area contributed by atoms with Crippen LogP contribution in [0, 0.1) is 52.8 Å². The van der Waals surface area contributed by atoms with Crippen molar-refractivity contribution >= 4 is 0 Å². The van der Waals surface area contributed by atoms with Gasteiger partial charge in [0.05, 0.1) is 0 Å². The average Bonchev–Trinajstić information content (AvgIpc) is 3.40. The number of aryl methyl sites for hydroxylation is 10. The van der Waals surface area contributed by atoms with Gasteiger partial charge in [0.15, 0.2) is 24.8 Å². The van der Waals surface area contributed by atoms with E-state index in [9.17, 15) is 0 Å². The largest absolute Gasteiger partial charge is 0.212 e. The Morgan fingerprint density at radius 2 is 0.831 bits per heavy atom. The number of rotatable bonds is 10. The van der Waals surface area contributed by atoms with Gasteiger partial charge in [0.2, 0.25) is 22.8 Å². The molecule has 0 aliphatic carbocycles. The van der Waals surface area contributed by atoms with Gasteiger partial charge in [-0.3, -0.25) is 0 Å². The van der Waals surface area contributed by atoms with Crippen LogP contribution in [0.25, 0.3) is 45.0 Å². The predicted molar refractivity (Wildman–Crippen MR) is 329 cm³/mol. The Bertz CT molecular complexity index is 3440. The van der Waals surface area contributed by atoms with Crippen LogP contribution < -0.4 is 18.3 Å². The molecule has 8 rings (SSSR count). The lowest BCUT2D eigenvalue weighted by molar-refractivity contribution is -0.661. The molecule has 0 N–H and O–H groups in total. The lowest BCUT2D eigenvalue weighted by Gasteiger charge is -2.26. The predicted octanol–water partition coefficient (Wildman–Crippen LogP) is 16.7. The van der Waals surface area contributed by atoms with Crippen molar-refractivity contribution in [2.24, 2.45) is 39.5 Å². The molecule has 4 aromatic carbocycles. The van der Waals surface area contributed by atoms with Gasteiger partial charge in [-0.25, -0.2) is 18.3 Å². The molecule has 4 aromatic heterocycles. The summed E-state index contributed by atoms with van der Waals surface area (Å²) in [6.07, 6.45) is 10.7. The second kappa shape index (κ2) is 26.7. The molecule has 8 aromatic rings. The molecule has 0 aliphatic heterocycles. The van der Waals surface area contributed by atoms with Crippen LogP contribution >= 0.6 is 0 Å². The van der Waals surface area contributed by atoms with Crippen LogP contribution in [-0.4, -0.2) is 0 Å². The lowest BCUT2D eigenvalue weighted by Crippen LogP contribution is -2.34. The third-order valence-electron chi connectivity index (χ3n) is 14.9. The van der Waals surface area contributed by atoms with Gasteiger partial charge in [-0.15, -0.1) is 0 Å². The zero-order chi connectivity index (χ0) is 61.3. The van der Waals surface area contributed by atoms with Crippen LogP contribution in [0.5, 0.6) is 0 Å². The summed E-state index contributed by atoms with van der Waals surface area (Å²) in [5, 5.41) is 0. The summed E-state index contributed by atoms with van der Waals surface area (Å²) in [4.78, 5) is 0. The van der Waals surface area contributed by atoms with E-state index >= 15 is 0 Å². The summed E-state index contributed by atoms with van der Waals surface area (Å²) in [5.74, 6) is -0.122. The maximum absolute atomic E-state index is 8.22. The second-order valence-electron chi connectivity index (χ2n) is 24.3. The van der Waals surface area contributed by atoms with E-state index in [1.807, 2.05) is 56.8 Å². The summed E-state index contributed by atoms with van der Waals surface area (Å²) in [6.45, 7) is 32.7. The standard InChI is InChI=1S/2C19H26N.C18H24N.C17H22N/c1-14-7-9-17(15(2)11-14)18-10-8-16(13-20(18)6)12-19(3,4)5;1-6-19(4,7-2)16-12-13-18(20(5)14-16)17-11-9-8-10-15(17)3;1-13(2)10-16-7-9-18(19(5)12-16)17-8-6-14(3)11-15(17)4;1-13-8-6-7-9-15(13)16-11-10-14(12-18(16)5)17(2,3)4/h7-11,13H,12H2,1-6H3;8-14H,6-7H2,1-5H3;6-9,11-13H,10H2,1-5H3;6-12H,1-5H3/q4*+1/i;;3D3,10D2;. The SMILES string of the molecule is CCC(C)(CC)c1ccc(-c2ccccc2C)[n+](C)c1.Cc1ccc(-c2ccc(CC(C)(C)C)c[n+]2C)c(C)c1.Cc1ccccc1-c1ccc(C(C)(C)C)c[n+]1C.[2H]C([2H])([2H])c1ccc(-c2ccc(C([2H])([2H])C(C)C)c[n+]2C)c(C)c1. The van der Waals surface area contributed by atoms with Crippen molar-refractivity contribution in [3.63, 3.8) is 0 Å². The fourth-order valence-corrected chi connectivity index (χ4v) is 9.97. The number of pyridine rings is 4. The highest BCUT2D eigenvalue weighted by molar-refractivity contribution is 5.64. The molecule has 0 spiro atoms. The lowest BCUT2D eigenvalue weighted by atomic mass is 9.78. The van der Waals surface area contributed by atoms with E-state index in [1.54, 1.807) is 12.1 Å². The van der Waals surface area contributed by atoms with E-state index < -0.39 is 13.2 Å². The Hall–Kier alpha value is -6.52. The highest BCUT2D eigenvalue weighted by Crippen LogP contribution is 2.32. The minimum absolute atomic E-state index is 0.122. The molecule has 0 atom stereocenters. The fraction of sp³-hybridized carbons (Fsp3) is 0.397. The van der Waals surface area contributed by atoms with Crippen LogP contribution in [0.4, 0.5) is 0 Å². The highest BCUT2D eigenvalue weighted by Gasteiger charge is 2.26. The first-order valence-electron chi connectivity index (χ1n) is 30.4. The van der Waals surface area contributed by atoms with Crippen molar-refractivity contribution in [1.29, 1.82) is 0 Å². The van der Waals surface area contributed by atoms with Gasteiger partial charge in [-0.1, -0.05) is 148 Å². The molecule has 0 unspecified atom stereocenters. The smallest absolute Gasteiger partial charge is 0.201 e. The van der Waals surface area contributed by atoms with Crippen LogP contribution in [0.3, 0.4) is 0 Å². The third-order valence-corrected chi connectivity index (χ3v) is 14.9. The Morgan fingerprint density at radius 1 is 0.442 bits per heavy atom. The van der Waals surface area contributed by atoms with E-state index in [1.165, 1.54) is 85.6 Å². The van der Waals surface area contributed by atoms with E-state index in [-0.39, 0.29) is 16.7 Å². The molecule has 0 fully saturated rings. The van der Waals surface area contributed by atoms with Gasteiger partial charge in [-0.05, 0) is 160 Å². The summed E-state index contributed by atoms with van der Waals surface area (Å²) in [5.41, 5.74) is 21.8. The first-order chi connectivity index (χ1) is 38.1. The molecule has 4 nitrogen and oxygen atoms in total. The molecule has 0 amide bonds. The van der Waals surface area contributed by atoms with Crippen molar-refractivity contribution in [1.82, 2.24) is 0 Å². The van der Waals surface area contributed by atoms with Crippen molar-refractivity contribution in [3.05, 3.63) is 214 Å². The van der Waals surface area contributed by atoms with Crippen molar-refractivity contribution < 1.29 is 25.1 Å². The average molecular weight is 1040 g/mol. The maximum Gasteiger partial charge on any atom is 0.212 e. The van der Waals surface area contributed by atoms with E-state index in [2.05, 4.69) is 247 Å². The minimum Gasteiger partial charge on any atom is -0.201 e. The van der Waals surface area contributed by atoms with Crippen LogP contribution in [0.15, 0.2) is 158 Å². The molecule has 0 bridgehead atoms.